The van der Waals surface area contributed by atoms with Crippen LogP contribution in [0.1, 0.15) is 83.8 Å². The first-order valence-electron chi connectivity index (χ1n) is 14.0. The smallest absolute Gasteiger partial charge is 0.223 e. The number of unbranched alkanes of at least 4 members (excludes halogenated alkanes) is 2. The van der Waals surface area contributed by atoms with Gasteiger partial charge in [0.15, 0.2) is 5.16 Å². The van der Waals surface area contributed by atoms with E-state index in [1.165, 1.54) is 0 Å². The molecule has 0 saturated carbocycles. The maximum Gasteiger partial charge on any atom is 0.223 e. The van der Waals surface area contributed by atoms with Gasteiger partial charge in [0.1, 0.15) is 17.4 Å². The molecular weight excluding hydrogens is 486 g/mol. The molecule has 0 aliphatic heterocycles. The average molecular weight is 538 g/mol. The van der Waals surface area contributed by atoms with Gasteiger partial charge in [0.2, 0.25) is 5.91 Å². The molecule has 10 heteroatoms. The van der Waals surface area contributed by atoms with Crippen LogP contribution in [-0.4, -0.2) is 65.6 Å². The fraction of sp³-hybridized carbons (Fsp3) is 0.815. The summed E-state index contributed by atoms with van der Waals surface area (Å²) in [7, 11) is 1.90. The zero-order chi connectivity index (χ0) is 27.5. The van der Waals surface area contributed by atoms with E-state index in [1.807, 2.05) is 7.05 Å². The minimum absolute atomic E-state index is 0.0347. The second-order valence-electron chi connectivity index (χ2n) is 10.2. The Bertz CT molecular complexity index is 779. The minimum atomic E-state index is -0.224. The van der Waals surface area contributed by atoms with E-state index >= 15 is 0 Å². The van der Waals surface area contributed by atoms with Crippen molar-refractivity contribution >= 4 is 23.5 Å². The molecule has 0 aromatic carbocycles. The highest BCUT2D eigenvalue weighted by molar-refractivity contribution is 7.99. The second-order valence-corrected chi connectivity index (χ2v) is 11.3. The van der Waals surface area contributed by atoms with E-state index in [-0.39, 0.29) is 23.5 Å². The average Bonchev–Trinajstić information content (AvgIpc) is 2.85. The number of nitrogens with one attached hydrogen (secondary N) is 2. The summed E-state index contributed by atoms with van der Waals surface area (Å²) in [6, 6.07) is 0. The Hall–Kier alpha value is -1.62. The van der Waals surface area contributed by atoms with E-state index in [1.54, 1.807) is 18.7 Å². The van der Waals surface area contributed by atoms with Crippen LogP contribution in [0, 0.1) is 17.8 Å². The third-order valence-electron chi connectivity index (χ3n) is 6.35. The molecule has 1 amide bonds. The Balaban J connectivity index is 3.11. The molecule has 9 nitrogen and oxygen atoms in total. The number of nitrogens with zero attached hydrogens (tertiary/aromatic N) is 3. The Labute approximate surface area is 228 Å². The number of amides is 1. The largest absolute Gasteiger partial charge is 0.356 e. The van der Waals surface area contributed by atoms with Gasteiger partial charge in [-0.05, 0) is 78.0 Å². The summed E-state index contributed by atoms with van der Waals surface area (Å²) in [5.41, 5.74) is 11.3. The lowest BCUT2D eigenvalue weighted by Gasteiger charge is -2.18. The Morgan fingerprint density at radius 1 is 0.838 bits per heavy atom. The van der Waals surface area contributed by atoms with E-state index < -0.39 is 0 Å². The molecule has 0 aliphatic rings. The predicted octanol–water partition coefficient (Wildman–Crippen LogP) is 2.90. The number of hydrogen-bond donors (Lipinski definition) is 4. The summed E-state index contributed by atoms with van der Waals surface area (Å²) >= 11 is 1.62. The number of thioether (sulfide) groups is 1. The number of carbonyl (C=O) groups is 2. The van der Waals surface area contributed by atoms with Crippen LogP contribution in [0.2, 0.25) is 0 Å². The summed E-state index contributed by atoms with van der Waals surface area (Å²) in [6.07, 6.45) is 7.96. The normalized spacial score (nSPS) is 13.1. The first-order chi connectivity index (χ1) is 17.8. The molecule has 1 rings (SSSR count). The SMILES string of the molecule is CNCCCNC(=O)C(CCCCN)Cc1nc(CC(CCCCN)C(C)=O)nc(SCCC(C)C)n1. The van der Waals surface area contributed by atoms with Crippen molar-refractivity contribution in [3.63, 3.8) is 0 Å². The van der Waals surface area contributed by atoms with Crippen molar-refractivity contribution in [2.24, 2.45) is 29.2 Å². The summed E-state index contributed by atoms with van der Waals surface area (Å²) in [6.45, 7) is 8.76. The minimum Gasteiger partial charge on any atom is -0.356 e. The van der Waals surface area contributed by atoms with E-state index in [0.29, 0.717) is 55.2 Å². The van der Waals surface area contributed by atoms with Crippen molar-refractivity contribution in [2.75, 3.05) is 39.0 Å². The van der Waals surface area contributed by atoms with Gasteiger partial charge in [-0.2, -0.15) is 0 Å². The zero-order valence-corrected chi connectivity index (χ0v) is 24.4. The first-order valence-corrected chi connectivity index (χ1v) is 15.0. The predicted molar refractivity (Wildman–Crippen MR) is 152 cm³/mol. The fourth-order valence-corrected chi connectivity index (χ4v) is 5.10. The molecule has 2 unspecified atom stereocenters. The van der Waals surface area contributed by atoms with Gasteiger partial charge in [-0.15, -0.1) is 0 Å². The summed E-state index contributed by atoms with van der Waals surface area (Å²) in [5, 5.41) is 6.86. The third kappa shape index (κ3) is 15.4. The molecule has 0 saturated heterocycles. The first kappa shape index (κ1) is 33.4. The maximum absolute atomic E-state index is 13.0. The number of nitrogens with two attached hydrogens (primary N) is 2. The van der Waals surface area contributed by atoms with Crippen molar-refractivity contribution in [1.82, 2.24) is 25.6 Å². The van der Waals surface area contributed by atoms with Crippen LogP contribution in [0.25, 0.3) is 0 Å². The van der Waals surface area contributed by atoms with Gasteiger partial charge < -0.3 is 22.1 Å². The highest BCUT2D eigenvalue weighted by atomic mass is 32.2. The Morgan fingerprint density at radius 2 is 1.43 bits per heavy atom. The Morgan fingerprint density at radius 3 is 1.97 bits per heavy atom. The van der Waals surface area contributed by atoms with Gasteiger partial charge in [0.25, 0.3) is 0 Å². The molecule has 1 heterocycles. The summed E-state index contributed by atoms with van der Waals surface area (Å²) in [5.74, 6) is 2.60. The molecule has 0 aliphatic carbocycles. The van der Waals surface area contributed by atoms with Crippen LogP contribution in [0.4, 0.5) is 0 Å². The van der Waals surface area contributed by atoms with Crippen LogP contribution in [-0.2, 0) is 22.4 Å². The van der Waals surface area contributed by atoms with E-state index in [0.717, 1.165) is 63.7 Å². The van der Waals surface area contributed by atoms with E-state index in [9.17, 15) is 9.59 Å². The van der Waals surface area contributed by atoms with Crippen LogP contribution in [0.3, 0.4) is 0 Å². The van der Waals surface area contributed by atoms with Crippen molar-refractivity contribution in [2.45, 2.75) is 90.1 Å². The molecule has 0 fully saturated rings. The summed E-state index contributed by atoms with van der Waals surface area (Å²) < 4.78 is 0. The second kappa shape index (κ2) is 20.4. The molecule has 0 bridgehead atoms. The lowest BCUT2D eigenvalue weighted by molar-refractivity contribution is -0.125. The number of Topliss-reactive ketones (excluding diaryl/α,β-unsaturated/α-hetero) is 1. The van der Waals surface area contributed by atoms with Gasteiger partial charge in [-0.25, -0.2) is 15.0 Å². The molecule has 0 spiro atoms. The third-order valence-corrected chi connectivity index (χ3v) is 7.23. The number of rotatable bonds is 22. The quantitative estimate of drug-likeness (QED) is 0.129. The van der Waals surface area contributed by atoms with Crippen LogP contribution in [0.15, 0.2) is 5.16 Å². The van der Waals surface area contributed by atoms with Gasteiger partial charge in [-0.3, -0.25) is 9.59 Å². The van der Waals surface area contributed by atoms with Crippen molar-refractivity contribution in [3.05, 3.63) is 11.6 Å². The van der Waals surface area contributed by atoms with Gasteiger partial charge in [0, 0.05) is 37.0 Å². The maximum atomic E-state index is 13.0. The summed E-state index contributed by atoms with van der Waals surface area (Å²) in [4.78, 5) is 39.6. The van der Waals surface area contributed by atoms with Gasteiger partial charge >= 0.3 is 0 Å². The topological polar surface area (TPSA) is 149 Å². The highest BCUT2D eigenvalue weighted by Gasteiger charge is 2.22. The monoisotopic (exact) mass is 537 g/mol. The molecule has 0 radical (unpaired) electrons. The molecule has 37 heavy (non-hydrogen) atoms. The molecule has 2 atom stereocenters. The van der Waals surface area contributed by atoms with Crippen molar-refractivity contribution in [3.8, 4) is 0 Å². The molecular formula is C27H51N7O2S. The molecule has 1 aromatic rings. The molecule has 212 valence electrons. The number of carbonyl (C=O) groups excluding carboxylic acids is 2. The fourth-order valence-electron chi connectivity index (χ4n) is 3.98. The van der Waals surface area contributed by atoms with Crippen LogP contribution in [0.5, 0.6) is 0 Å². The van der Waals surface area contributed by atoms with E-state index in [4.69, 9.17) is 26.4 Å². The number of aromatic nitrogens is 3. The molecule has 6 N–H and O–H groups in total. The number of ketones is 1. The zero-order valence-electron chi connectivity index (χ0n) is 23.6. The lowest BCUT2D eigenvalue weighted by atomic mass is 9.94. The van der Waals surface area contributed by atoms with Gasteiger partial charge in [0.05, 0.1) is 0 Å². The Kier molecular flexibility index (Phi) is 18.4. The number of hydrogen-bond acceptors (Lipinski definition) is 9. The van der Waals surface area contributed by atoms with Crippen molar-refractivity contribution in [1.29, 1.82) is 0 Å². The van der Waals surface area contributed by atoms with Crippen molar-refractivity contribution < 1.29 is 9.59 Å². The van der Waals surface area contributed by atoms with E-state index in [2.05, 4.69) is 24.5 Å². The van der Waals surface area contributed by atoms with Crippen LogP contribution < -0.4 is 22.1 Å². The highest BCUT2D eigenvalue weighted by Crippen LogP contribution is 2.21. The van der Waals surface area contributed by atoms with Gasteiger partial charge in [-0.1, -0.05) is 38.5 Å². The van der Waals surface area contributed by atoms with Crippen LogP contribution >= 0.6 is 11.8 Å². The lowest BCUT2D eigenvalue weighted by Crippen LogP contribution is -2.34. The molecule has 1 aromatic heterocycles. The standard InChI is InChI=1S/C27H51N7O2S/c1-20(2)12-17-37-27-33-24(18-22(21(3)35)10-5-7-13-28)32-25(34-27)19-23(11-6-8-14-29)26(36)31-16-9-15-30-4/h20,22-23,30H,5-19,28-29H2,1-4H3,(H,31,36).